The molecule has 0 aliphatic heterocycles. The maximum absolute atomic E-state index is 11.3. The highest BCUT2D eigenvalue weighted by molar-refractivity contribution is 7.89. The standard InChI is InChI=1S/C11H15N3O2S/c1-11(2,10-6-4-3-5-7-10)8-9-17(15,16)14-13-12/h3-7H,8-9H2,1-2H3. The Hall–Kier alpha value is -1.52. The lowest BCUT2D eigenvalue weighted by atomic mass is 9.82. The van der Waals surface area contributed by atoms with E-state index < -0.39 is 10.0 Å². The molecular formula is C11H15N3O2S. The Morgan fingerprint density at radius 2 is 1.88 bits per heavy atom. The van der Waals surface area contributed by atoms with E-state index in [1.165, 1.54) is 0 Å². The molecule has 0 unspecified atom stereocenters. The molecule has 17 heavy (non-hydrogen) atoms. The third-order valence-corrected chi connectivity index (χ3v) is 3.74. The van der Waals surface area contributed by atoms with Gasteiger partial charge in [-0.15, -0.1) is 0 Å². The second kappa shape index (κ2) is 5.21. The average Bonchev–Trinajstić information content (AvgIpc) is 2.28. The Morgan fingerprint density at radius 3 is 2.41 bits per heavy atom. The molecule has 0 heterocycles. The summed E-state index contributed by atoms with van der Waals surface area (Å²) >= 11 is 0. The summed E-state index contributed by atoms with van der Waals surface area (Å²) in [6.07, 6.45) is 0.415. The molecule has 0 fully saturated rings. The maximum atomic E-state index is 11.3. The predicted octanol–water partition coefficient (Wildman–Crippen LogP) is 2.99. The number of sulfonamides is 1. The van der Waals surface area contributed by atoms with Crippen LogP contribution in [0.5, 0.6) is 0 Å². The molecule has 1 aromatic carbocycles. The van der Waals surface area contributed by atoms with E-state index in [4.69, 9.17) is 5.53 Å². The Kier molecular flexibility index (Phi) is 4.15. The van der Waals surface area contributed by atoms with E-state index in [9.17, 15) is 8.42 Å². The molecule has 0 aliphatic carbocycles. The van der Waals surface area contributed by atoms with Crippen molar-refractivity contribution in [3.8, 4) is 0 Å². The van der Waals surface area contributed by atoms with Crippen molar-refractivity contribution < 1.29 is 8.42 Å². The fourth-order valence-electron chi connectivity index (χ4n) is 1.51. The molecule has 5 nitrogen and oxygen atoms in total. The van der Waals surface area contributed by atoms with Crippen LogP contribution in [-0.4, -0.2) is 14.2 Å². The number of benzene rings is 1. The normalized spacial score (nSPS) is 11.9. The average molecular weight is 253 g/mol. The van der Waals surface area contributed by atoms with E-state index in [0.717, 1.165) is 5.56 Å². The molecule has 1 aromatic rings. The summed E-state index contributed by atoms with van der Waals surface area (Å²) in [5, 5.41) is 0. The van der Waals surface area contributed by atoms with Crippen LogP contribution >= 0.6 is 0 Å². The number of hydrogen-bond acceptors (Lipinski definition) is 2. The summed E-state index contributed by atoms with van der Waals surface area (Å²) in [6, 6.07) is 9.66. The first-order chi connectivity index (χ1) is 7.87. The van der Waals surface area contributed by atoms with Gasteiger partial charge in [-0.3, -0.25) is 0 Å². The van der Waals surface area contributed by atoms with Crippen LogP contribution in [0.15, 0.2) is 34.9 Å². The zero-order valence-corrected chi connectivity index (χ0v) is 10.7. The molecule has 1 rings (SSSR count). The first-order valence-corrected chi connectivity index (χ1v) is 6.83. The zero-order valence-electron chi connectivity index (χ0n) is 9.87. The van der Waals surface area contributed by atoms with Crippen molar-refractivity contribution >= 4 is 10.0 Å². The van der Waals surface area contributed by atoms with Gasteiger partial charge in [0, 0.05) is 9.43 Å². The van der Waals surface area contributed by atoms with Crippen LogP contribution in [0.3, 0.4) is 0 Å². The third kappa shape index (κ3) is 4.09. The van der Waals surface area contributed by atoms with Gasteiger partial charge in [0.2, 0.25) is 10.0 Å². The molecule has 0 radical (unpaired) electrons. The molecule has 0 bridgehead atoms. The van der Waals surface area contributed by atoms with E-state index in [1.807, 2.05) is 44.2 Å². The van der Waals surface area contributed by atoms with Crippen molar-refractivity contribution in [1.82, 2.24) is 0 Å². The highest BCUT2D eigenvalue weighted by atomic mass is 32.2. The van der Waals surface area contributed by atoms with Crippen LogP contribution in [-0.2, 0) is 15.4 Å². The van der Waals surface area contributed by atoms with Gasteiger partial charge < -0.3 is 0 Å². The van der Waals surface area contributed by atoms with Crippen molar-refractivity contribution in [1.29, 1.82) is 0 Å². The molecule has 0 saturated heterocycles. The highest BCUT2D eigenvalue weighted by Gasteiger charge is 2.23. The summed E-state index contributed by atoms with van der Waals surface area (Å²) in [5.74, 6) is -0.140. The maximum Gasteiger partial charge on any atom is 0.235 e. The fraction of sp³-hybridized carbons (Fsp3) is 0.455. The topological polar surface area (TPSA) is 82.9 Å². The second-order valence-corrected chi connectivity index (χ2v) is 6.19. The van der Waals surface area contributed by atoms with Crippen LogP contribution in [0.4, 0.5) is 0 Å². The van der Waals surface area contributed by atoms with Crippen LogP contribution < -0.4 is 0 Å². The minimum atomic E-state index is -3.66. The summed E-state index contributed by atoms with van der Waals surface area (Å²) < 4.78 is 25.4. The molecule has 0 aromatic heterocycles. The summed E-state index contributed by atoms with van der Waals surface area (Å²) in [7, 11) is -3.66. The first-order valence-electron chi connectivity index (χ1n) is 5.22. The van der Waals surface area contributed by atoms with Crippen molar-refractivity contribution in [2.24, 2.45) is 4.52 Å². The van der Waals surface area contributed by atoms with Gasteiger partial charge in [-0.05, 0) is 22.9 Å². The van der Waals surface area contributed by atoms with E-state index in [1.54, 1.807) is 0 Å². The quantitative estimate of drug-likeness (QED) is 0.459. The van der Waals surface area contributed by atoms with E-state index in [0.29, 0.717) is 6.42 Å². The second-order valence-electron chi connectivity index (χ2n) is 4.46. The Balaban J connectivity index is 2.79. The minimum absolute atomic E-state index is 0.140. The van der Waals surface area contributed by atoms with E-state index >= 15 is 0 Å². The Bertz CT molecular complexity index is 517. The van der Waals surface area contributed by atoms with E-state index in [2.05, 4.69) is 9.43 Å². The van der Waals surface area contributed by atoms with Gasteiger partial charge in [0.15, 0.2) is 0 Å². The van der Waals surface area contributed by atoms with Crippen molar-refractivity contribution in [3.05, 3.63) is 46.3 Å². The van der Waals surface area contributed by atoms with Gasteiger partial charge in [-0.2, -0.15) is 0 Å². The van der Waals surface area contributed by atoms with Gasteiger partial charge in [0.05, 0.1) is 5.75 Å². The molecular weight excluding hydrogens is 238 g/mol. The van der Waals surface area contributed by atoms with Gasteiger partial charge in [0.1, 0.15) is 0 Å². The largest absolute Gasteiger partial charge is 0.235 e. The van der Waals surface area contributed by atoms with Crippen molar-refractivity contribution in [3.63, 3.8) is 0 Å². The van der Waals surface area contributed by atoms with Crippen molar-refractivity contribution in [2.45, 2.75) is 25.7 Å². The monoisotopic (exact) mass is 253 g/mol. The lowest BCUT2D eigenvalue weighted by molar-refractivity contribution is 0.500. The molecule has 0 N–H and O–H groups in total. The Labute approximate surface area is 101 Å². The third-order valence-electron chi connectivity index (χ3n) is 2.70. The van der Waals surface area contributed by atoms with Crippen molar-refractivity contribution in [2.75, 3.05) is 5.75 Å². The summed E-state index contributed by atoms with van der Waals surface area (Å²) in [6.45, 7) is 3.93. The summed E-state index contributed by atoms with van der Waals surface area (Å²) in [4.78, 5) is 2.32. The van der Waals surface area contributed by atoms with Gasteiger partial charge in [-0.25, -0.2) is 8.42 Å². The number of hydrogen-bond donors (Lipinski definition) is 0. The van der Waals surface area contributed by atoms with Gasteiger partial charge in [-0.1, -0.05) is 44.2 Å². The SMILES string of the molecule is CC(C)(CCS(=O)(=O)N=[N+]=[N-])c1ccccc1. The zero-order chi connectivity index (χ0) is 12.9. The number of rotatable bonds is 5. The van der Waals surface area contributed by atoms with Crippen LogP contribution in [0.1, 0.15) is 25.8 Å². The van der Waals surface area contributed by atoms with E-state index in [-0.39, 0.29) is 11.2 Å². The van der Waals surface area contributed by atoms with Gasteiger partial charge >= 0.3 is 0 Å². The molecule has 0 amide bonds. The van der Waals surface area contributed by atoms with Crippen LogP contribution in [0.2, 0.25) is 0 Å². The number of nitrogens with zero attached hydrogens (tertiary/aromatic N) is 3. The molecule has 0 atom stereocenters. The lowest BCUT2D eigenvalue weighted by Gasteiger charge is -2.24. The molecule has 6 heteroatoms. The van der Waals surface area contributed by atoms with Crippen LogP contribution in [0.25, 0.3) is 10.4 Å². The Morgan fingerprint density at radius 1 is 1.29 bits per heavy atom. The first kappa shape index (κ1) is 13.5. The van der Waals surface area contributed by atoms with Gasteiger partial charge in [0.25, 0.3) is 0 Å². The highest BCUT2D eigenvalue weighted by Crippen LogP contribution is 2.27. The minimum Gasteiger partial charge on any atom is -0.221 e. The fourth-order valence-corrected chi connectivity index (χ4v) is 2.48. The summed E-state index contributed by atoms with van der Waals surface area (Å²) in [5.41, 5.74) is 8.93. The smallest absolute Gasteiger partial charge is 0.221 e. The molecule has 92 valence electrons. The lowest BCUT2D eigenvalue weighted by Crippen LogP contribution is -2.21. The van der Waals surface area contributed by atoms with Crippen LogP contribution in [0, 0.1) is 0 Å². The molecule has 0 spiro atoms. The molecule has 0 aliphatic rings. The predicted molar refractivity (Wildman–Crippen MR) is 67.0 cm³/mol. The number of azide groups is 1. The molecule has 0 saturated carbocycles.